The zero-order valence-corrected chi connectivity index (χ0v) is 12.6. The number of rotatable bonds is 7. The number of aromatic nitrogens is 2. The summed E-state index contributed by atoms with van der Waals surface area (Å²) in [6, 6.07) is 10.2. The van der Waals surface area contributed by atoms with Crippen LogP contribution < -0.4 is 0 Å². The highest BCUT2D eigenvalue weighted by Gasteiger charge is 2.18. The quantitative estimate of drug-likeness (QED) is 0.785. The number of carbonyl (C=O) groups is 1. The van der Waals surface area contributed by atoms with Crippen molar-refractivity contribution in [2.24, 2.45) is 0 Å². The molecule has 1 heterocycles. The monoisotopic (exact) mass is 287 g/mol. The van der Waals surface area contributed by atoms with E-state index < -0.39 is 0 Å². The third kappa shape index (κ3) is 4.41. The van der Waals surface area contributed by atoms with E-state index in [4.69, 9.17) is 4.42 Å². The second kappa shape index (κ2) is 7.57. The molecule has 0 bridgehead atoms. The first-order valence-corrected chi connectivity index (χ1v) is 7.32. The van der Waals surface area contributed by atoms with E-state index in [0.717, 1.165) is 19.3 Å². The van der Waals surface area contributed by atoms with Crippen molar-refractivity contribution < 1.29 is 9.21 Å². The van der Waals surface area contributed by atoms with Gasteiger partial charge in [-0.1, -0.05) is 37.3 Å². The maximum absolute atomic E-state index is 12.1. The standard InChI is InChI=1S/C16H21N3O2/c1-3-8-14-17-18-15(21-14)16(20)19(2)12-7-11-13-9-5-4-6-10-13/h4-6,9-10H,3,7-8,11-12H2,1-2H3. The number of hydrogen-bond donors (Lipinski definition) is 0. The fourth-order valence-electron chi connectivity index (χ4n) is 2.08. The van der Waals surface area contributed by atoms with Crippen molar-refractivity contribution in [1.82, 2.24) is 15.1 Å². The second-order valence-corrected chi connectivity index (χ2v) is 5.07. The van der Waals surface area contributed by atoms with Gasteiger partial charge in [-0.2, -0.15) is 0 Å². The molecule has 0 fully saturated rings. The fraction of sp³-hybridized carbons (Fsp3) is 0.438. The average molecular weight is 287 g/mol. The molecule has 1 aromatic heterocycles. The summed E-state index contributed by atoms with van der Waals surface area (Å²) in [5.41, 5.74) is 1.28. The van der Waals surface area contributed by atoms with E-state index in [1.54, 1.807) is 11.9 Å². The molecule has 0 aliphatic heterocycles. The van der Waals surface area contributed by atoms with Crippen LogP contribution in [0.3, 0.4) is 0 Å². The SMILES string of the molecule is CCCc1nnc(C(=O)N(C)CCCc2ccccc2)o1. The Morgan fingerprint density at radius 1 is 1.19 bits per heavy atom. The van der Waals surface area contributed by atoms with Crippen LogP contribution in [0.1, 0.15) is 41.9 Å². The normalized spacial score (nSPS) is 10.6. The Kier molecular flexibility index (Phi) is 5.49. The Morgan fingerprint density at radius 2 is 1.95 bits per heavy atom. The molecular formula is C16H21N3O2. The van der Waals surface area contributed by atoms with Gasteiger partial charge in [0, 0.05) is 20.0 Å². The van der Waals surface area contributed by atoms with Crippen molar-refractivity contribution in [2.75, 3.05) is 13.6 Å². The van der Waals surface area contributed by atoms with Crippen LogP contribution in [-0.2, 0) is 12.8 Å². The molecule has 112 valence electrons. The predicted molar refractivity (Wildman–Crippen MR) is 80.0 cm³/mol. The molecule has 1 aromatic carbocycles. The average Bonchev–Trinajstić information content (AvgIpc) is 2.96. The van der Waals surface area contributed by atoms with Gasteiger partial charge in [-0.3, -0.25) is 4.79 Å². The number of amides is 1. The van der Waals surface area contributed by atoms with Crippen LogP contribution in [0, 0.1) is 0 Å². The molecule has 21 heavy (non-hydrogen) atoms. The third-order valence-electron chi connectivity index (χ3n) is 3.26. The highest BCUT2D eigenvalue weighted by Crippen LogP contribution is 2.07. The van der Waals surface area contributed by atoms with E-state index >= 15 is 0 Å². The zero-order valence-electron chi connectivity index (χ0n) is 12.6. The van der Waals surface area contributed by atoms with E-state index in [1.807, 2.05) is 25.1 Å². The molecule has 0 aliphatic carbocycles. The van der Waals surface area contributed by atoms with Gasteiger partial charge in [-0.15, -0.1) is 10.2 Å². The smallest absolute Gasteiger partial charge is 0.311 e. The number of benzene rings is 1. The van der Waals surface area contributed by atoms with Crippen molar-refractivity contribution in [2.45, 2.75) is 32.6 Å². The molecule has 0 atom stereocenters. The molecule has 0 spiro atoms. The van der Waals surface area contributed by atoms with Crippen molar-refractivity contribution in [1.29, 1.82) is 0 Å². The first kappa shape index (κ1) is 15.2. The van der Waals surface area contributed by atoms with Gasteiger partial charge in [-0.25, -0.2) is 0 Å². The zero-order chi connectivity index (χ0) is 15.1. The highest BCUT2D eigenvalue weighted by atomic mass is 16.4. The molecular weight excluding hydrogens is 266 g/mol. The second-order valence-electron chi connectivity index (χ2n) is 5.07. The Hall–Kier alpha value is -2.17. The van der Waals surface area contributed by atoms with Crippen molar-refractivity contribution in [3.63, 3.8) is 0 Å². The minimum absolute atomic E-state index is 0.0839. The number of aryl methyl sites for hydroxylation is 2. The number of carbonyl (C=O) groups excluding carboxylic acids is 1. The lowest BCUT2D eigenvalue weighted by Gasteiger charge is -2.14. The van der Waals surface area contributed by atoms with Crippen molar-refractivity contribution in [3.8, 4) is 0 Å². The predicted octanol–water partition coefficient (Wildman–Crippen LogP) is 2.73. The van der Waals surface area contributed by atoms with Gasteiger partial charge in [0.05, 0.1) is 0 Å². The molecule has 0 saturated carbocycles. The van der Waals surface area contributed by atoms with Crippen LogP contribution >= 0.6 is 0 Å². The first-order chi connectivity index (χ1) is 10.2. The van der Waals surface area contributed by atoms with Crippen molar-refractivity contribution >= 4 is 5.91 Å². The van der Waals surface area contributed by atoms with E-state index in [2.05, 4.69) is 22.3 Å². The third-order valence-corrected chi connectivity index (χ3v) is 3.26. The Labute approximate surface area is 125 Å². The summed E-state index contributed by atoms with van der Waals surface area (Å²) in [4.78, 5) is 13.8. The molecule has 0 N–H and O–H groups in total. The summed E-state index contributed by atoms with van der Waals surface area (Å²) < 4.78 is 5.36. The van der Waals surface area contributed by atoms with Crippen LogP contribution in [-0.4, -0.2) is 34.6 Å². The van der Waals surface area contributed by atoms with E-state index in [1.165, 1.54) is 5.56 Å². The summed E-state index contributed by atoms with van der Waals surface area (Å²) in [5, 5.41) is 7.69. The molecule has 2 aromatic rings. The molecule has 5 heteroatoms. The molecule has 0 saturated heterocycles. The fourth-order valence-corrected chi connectivity index (χ4v) is 2.08. The number of nitrogens with zero attached hydrogens (tertiary/aromatic N) is 3. The summed E-state index contributed by atoms with van der Waals surface area (Å²) in [6.07, 6.45) is 3.48. The summed E-state index contributed by atoms with van der Waals surface area (Å²) in [5.74, 6) is 0.400. The molecule has 0 aliphatic rings. The highest BCUT2D eigenvalue weighted by molar-refractivity contribution is 5.89. The molecule has 1 amide bonds. The lowest BCUT2D eigenvalue weighted by molar-refractivity contribution is 0.0752. The van der Waals surface area contributed by atoms with Gasteiger partial charge >= 0.3 is 11.8 Å². The topological polar surface area (TPSA) is 59.2 Å². The van der Waals surface area contributed by atoms with Gasteiger partial charge < -0.3 is 9.32 Å². The van der Waals surface area contributed by atoms with Crippen LogP contribution in [0.25, 0.3) is 0 Å². The maximum Gasteiger partial charge on any atom is 0.311 e. The Bertz CT molecular complexity index is 566. The molecule has 0 radical (unpaired) electrons. The van der Waals surface area contributed by atoms with Crippen LogP contribution in [0.2, 0.25) is 0 Å². The summed E-state index contributed by atoms with van der Waals surface area (Å²) in [7, 11) is 1.76. The van der Waals surface area contributed by atoms with E-state index in [0.29, 0.717) is 18.9 Å². The van der Waals surface area contributed by atoms with E-state index in [9.17, 15) is 4.79 Å². The molecule has 0 unspecified atom stereocenters. The van der Waals surface area contributed by atoms with Gasteiger partial charge in [0.15, 0.2) is 0 Å². The number of hydrogen-bond acceptors (Lipinski definition) is 4. The summed E-state index contributed by atoms with van der Waals surface area (Å²) in [6.45, 7) is 2.70. The van der Waals surface area contributed by atoms with E-state index in [-0.39, 0.29) is 11.8 Å². The lowest BCUT2D eigenvalue weighted by atomic mass is 10.1. The minimum Gasteiger partial charge on any atom is -0.417 e. The Balaban J connectivity index is 1.81. The summed E-state index contributed by atoms with van der Waals surface area (Å²) >= 11 is 0. The van der Waals surface area contributed by atoms with Gasteiger partial charge in [0.2, 0.25) is 5.89 Å². The molecule has 5 nitrogen and oxygen atoms in total. The maximum atomic E-state index is 12.1. The Morgan fingerprint density at radius 3 is 2.67 bits per heavy atom. The minimum atomic E-state index is -0.210. The first-order valence-electron chi connectivity index (χ1n) is 7.32. The largest absolute Gasteiger partial charge is 0.417 e. The van der Waals surface area contributed by atoms with Gasteiger partial charge in [-0.05, 0) is 24.8 Å². The van der Waals surface area contributed by atoms with Crippen LogP contribution in [0.15, 0.2) is 34.7 Å². The van der Waals surface area contributed by atoms with Gasteiger partial charge in [0.25, 0.3) is 0 Å². The van der Waals surface area contributed by atoms with Gasteiger partial charge in [0.1, 0.15) is 0 Å². The molecule has 2 rings (SSSR count). The van der Waals surface area contributed by atoms with Crippen LogP contribution in [0.5, 0.6) is 0 Å². The van der Waals surface area contributed by atoms with Crippen molar-refractivity contribution in [3.05, 3.63) is 47.7 Å². The lowest BCUT2D eigenvalue weighted by Crippen LogP contribution is -2.28. The van der Waals surface area contributed by atoms with Crippen LogP contribution in [0.4, 0.5) is 0 Å².